The van der Waals surface area contributed by atoms with Crippen LogP contribution in [0.15, 0.2) is 83.8 Å². The second-order valence-electron chi connectivity index (χ2n) is 5.19. The van der Waals surface area contributed by atoms with E-state index >= 15 is 0 Å². The number of hydrogen-bond acceptors (Lipinski definition) is 2. The molecule has 0 fully saturated rings. The van der Waals surface area contributed by atoms with Crippen molar-refractivity contribution in [3.05, 3.63) is 83.8 Å². The maximum absolute atomic E-state index is 5.65. The normalized spacial score (nSPS) is 13.9. The summed E-state index contributed by atoms with van der Waals surface area (Å²) < 4.78 is 0. The van der Waals surface area contributed by atoms with Gasteiger partial charge in [0.05, 0.1) is 0 Å². The summed E-state index contributed by atoms with van der Waals surface area (Å²) in [4.78, 5) is 0. The molecule has 3 heteroatoms. The molecule has 3 rings (SSSR count). The van der Waals surface area contributed by atoms with Crippen molar-refractivity contribution in [2.24, 2.45) is 5.73 Å². The molecule has 0 spiro atoms. The maximum Gasteiger partial charge on any atom is 0.0384 e. The molecule has 0 unspecified atom stereocenters. The van der Waals surface area contributed by atoms with Gasteiger partial charge >= 0.3 is 0 Å². The molecule has 0 aliphatic heterocycles. The van der Waals surface area contributed by atoms with Gasteiger partial charge in [0, 0.05) is 18.8 Å². The Morgan fingerprint density at radius 1 is 0.909 bits per heavy atom. The Balaban J connectivity index is 2.03. The zero-order chi connectivity index (χ0) is 15.2. The van der Waals surface area contributed by atoms with Crippen LogP contribution in [0, 0.1) is 0 Å². The molecule has 22 heavy (non-hydrogen) atoms. The Labute approximate surface area is 133 Å². The van der Waals surface area contributed by atoms with E-state index in [1.807, 2.05) is 0 Å². The molecule has 1 aliphatic carbocycles. The van der Waals surface area contributed by atoms with Crippen LogP contribution < -0.4 is 21.7 Å². The summed E-state index contributed by atoms with van der Waals surface area (Å²) in [7, 11) is -0.494. The van der Waals surface area contributed by atoms with Crippen LogP contribution in [-0.4, -0.2) is 13.1 Å². The molecule has 0 aromatic heterocycles. The Bertz CT molecular complexity index is 623. The second kappa shape index (κ2) is 7.40. The van der Waals surface area contributed by atoms with Crippen molar-refractivity contribution in [3.63, 3.8) is 0 Å². The molecular formula is C19H21N2P. The molecule has 3 N–H and O–H groups in total. The van der Waals surface area contributed by atoms with E-state index in [-0.39, 0.29) is 0 Å². The molecular weight excluding hydrogens is 287 g/mol. The first kappa shape index (κ1) is 15.0. The van der Waals surface area contributed by atoms with E-state index in [0.29, 0.717) is 6.54 Å². The first-order valence-electron chi connectivity index (χ1n) is 7.64. The first-order valence-corrected chi connectivity index (χ1v) is 8.98. The lowest BCUT2D eigenvalue weighted by Crippen LogP contribution is -2.22. The second-order valence-corrected chi connectivity index (χ2v) is 7.43. The number of benzene rings is 2. The molecule has 0 bridgehead atoms. The lowest BCUT2D eigenvalue weighted by molar-refractivity contribution is 0.814. The highest BCUT2D eigenvalue weighted by molar-refractivity contribution is 7.76. The summed E-state index contributed by atoms with van der Waals surface area (Å²) in [6.07, 6.45) is 5.46. The zero-order valence-corrected chi connectivity index (χ0v) is 13.5. The molecule has 0 atom stereocenters. The average molecular weight is 308 g/mol. The van der Waals surface area contributed by atoms with Gasteiger partial charge in [-0.15, -0.1) is 0 Å². The van der Waals surface area contributed by atoms with E-state index in [2.05, 4.69) is 78.1 Å². The van der Waals surface area contributed by atoms with E-state index in [1.54, 1.807) is 0 Å². The number of nitrogens with two attached hydrogens (primary N) is 1. The van der Waals surface area contributed by atoms with Crippen LogP contribution >= 0.6 is 7.92 Å². The predicted molar refractivity (Wildman–Crippen MR) is 96.9 cm³/mol. The van der Waals surface area contributed by atoms with Crippen LogP contribution in [0.2, 0.25) is 0 Å². The van der Waals surface area contributed by atoms with Gasteiger partial charge in [-0.05, 0) is 36.3 Å². The average Bonchev–Trinajstić information content (AvgIpc) is 3.03. The fourth-order valence-electron chi connectivity index (χ4n) is 2.69. The fourth-order valence-corrected chi connectivity index (χ4v) is 5.23. The highest BCUT2D eigenvalue weighted by Crippen LogP contribution is 2.48. The lowest BCUT2D eigenvalue weighted by Gasteiger charge is -2.22. The summed E-state index contributed by atoms with van der Waals surface area (Å²) in [5.41, 5.74) is 6.90. The van der Waals surface area contributed by atoms with Gasteiger partial charge in [-0.25, -0.2) is 0 Å². The molecule has 0 heterocycles. The minimum atomic E-state index is -0.494. The molecule has 112 valence electrons. The van der Waals surface area contributed by atoms with Gasteiger partial charge in [0.1, 0.15) is 0 Å². The van der Waals surface area contributed by atoms with E-state index < -0.39 is 7.92 Å². The number of nitrogens with one attached hydrogen (secondary N) is 1. The van der Waals surface area contributed by atoms with Crippen molar-refractivity contribution in [1.29, 1.82) is 0 Å². The third-order valence-electron chi connectivity index (χ3n) is 3.67. The van der Waals surface area contributed by atoms with E-state index in [0.717, 1.165) is 13.0 Å². The fraction of sp³-hybridized carbons (Fsp3) is 0.158. The highest BCUT2D eigenvalue weighted by Gasteiger charge is 2.22. The third kappa shape index (κ3) is 3.30. The topological polar surface area (TPSA) is 38.0 Å². The minimum Gasteiger partial charge on any atom is -0.384 e. The summed E-state index contributed by atoms with van der Waals surface area (Å²) in [5.74, 6) is 0. The van der Waals surface area contributed by atoms with Crippen molar-refractivity contribution in [3.8, 4) is 0 Å². The first-order chi connectivity index (χ1) is 10.9. The number of hydrogen-bond donors (Lipinski definition) is 2. The van der Waals surface area contributed by atoms with Gasteiger partial charge in [0.15, 0.2) is 0 Å². The summed E-state index contributed by atoms with van der Waals surface area (Å²) >= 11 is 0. The van der Waals surface area contributed by atoms with Crippen LogP contribution in [-0.2, 0) is 0 Å². The molecule has 0 saturated carbocycles. The molecule has 0 radical (unpaired) electrons. The van der Waals surface area contributed by atoms with E-state index in [1.165, 1.54) is 21.6 Å². The van der Waals surface area contributed by atoms with Gasteiger partial charge in [-0.1, -0.05) is 66.7 Å². The highest BCUT2D eigenvalue weighted by atomic mass is 31.1. The Hall–Kier alpha value is -1.89. The van der Waals surface area contributed by atoms with Gasteiger partial charge in [0.25, 0.3) is 0 Å². The van der Waals surface area contributed by atoms with Gasteiger partial charge < -0.3 is 11.1 Å². The number of allylic oxidation sites excluding steroid dienone is 3. The third-order valence-corrected chi connectivity index (χ3v) is 6.26. The lowest BCUT2D eigenvalue weighted by atomic mass is 10.4. The minimum absolute atomic E-state index is 0.494. The molecule has 0 amide bonds. The quantitative estimate of drug-likeness (QED) is 0.805. The van der Waals surface area contributed by atoms with Crippen molar-refractivity contribution in [1.82, 2.24) is 5.32 Å². The van der Waals surface area contributed by atoms with Crippen molar-refractivity contribution < 1.29 is 0 Å². The molecule has 2 aromatic rings. The van der Waals surface area contributed by atoms with Crippen LogP contribution in [0.5, 0.6) is 0 Å². The predicted octanol–water partition coefficient (Wildman–Crippen LogP) is 2.84. The van der Waals surface area contributed by atoms with Crippen LogP contribution in [0.25, 0.3) is 0 Å². The summed E-state index contributed by atoms with van der Waals surface area (Å²) in [6.45, 7) is 1.47. The van der Waals surface area contributed by atoms with Crippen molar-refractivity contribution in [2.75, 3.05) is 13.1 Å². The van der Waals surface area contributed by atoms with Gasteiger partial charge in [-0.3, -0.25) is 0 Å². The Morgan fingerprint density at radius 2 is 1.50 bits per heavy atom. The standard InChI is InChI=1S/C19H21N2P/c20-14-15-21-18-12-7-13-19(18)22(16-8-3-1-4-9-16)17-10-5-2-6-11-17/h1-12,21H,13-15,20H2. The summed E-state index contributed by atoms with van der Waals surface area (Å²) in [5, 5.41) is 7.77. The molecule has 2 nitrogen and oxygen atoms in total. The van der Waals surface area contributed by atoms with E-state index in [9.17, 15) is 0 Å². The van der Waals surface area contributed by atoms with Crippen LogP contribution in [0.3, 0.4) is 0 Å². The van der Waals surface area contributed by atoms with Crippen LogP contribution in [0.1, 0.15) is 6.42 Å². The molecule has 0 saturated heterocycles. The molecule has 2 aromatic carbocycles. The molecule has 1 aliphatic rings. The summed E-state index contributed by atoms with van der Waals surface area (Å²) in [6, 6.07) is 21.6. The zero-order valence-electron chi connectivity index (χ0n) is 12.6. The van der Waals surface area contributed by atoms with Gasteiger partial charge in [0.2, 0.25) is 0 Å². The smallest absolute Gasteiger partial charge is 0.0384 e. The van der Waals surface area contributed by atoms with Crippen molar-refractivity contribution in [2.45, 2.75) is 6.42 Å². The largest absolute Gasteiger partial charge is 0.384 e. The Kier molecular flexibility index (Phi) is 5.05. The SMILES string of the molecule is NCCNC1=C(P(c2ccccc2)c2ccccc2)CC=C1. The Morgan fingerprint density at radius 3 is 2.05 bits per heavy atom. The monoisotopic (exact) mass is 308 g/mol. The maximum atomic E-state index is 5.65. The van der Waals surface area contributed by atoms with Crippen molar-refractivity contribution >= 4 is 18.5 Å². The van der Waals surface area contributed by atoms with E-state index in [4.69, 9.17) is 5.73 Å². The number of rotatable bonds is 6. The van der Waals surface area contributed by atoms with Gasteiger partial charge in [-0.2, -0.15) is 0 Å². The van der Waals surface area contributed by atoms with Crippen LogP contribution in [0.4, 0.5) is 0 Å².